The quantitative estimate of drug-likeness (QED) is 0.896. The fourth-order valence-corrected chi connectivity index (χ4v) is 3.00. The van der Waals surface area contributed by atoms with E-state index >= 15 is 0 Å². The van der Waals surface area contributed by atoms with Crippen LogP contribution in [-0.4, -0.2) is 30.6 Å². The van der Waals surface area contributed by atoms with Crippen LogP contribution in [0.4, 0.5) is 0 Å². The first-order chi connectivity index (χ1) is 8.79. The molecule has 0 amide bonds. The van der Waals surface area contributed by atoms with E-state index in [1.807, 2.05) is 0 Å². The molecule has 1 aliphatic heterocycles. The second-order valence-electron chi connectivity index (χ2n) is 5.09. The first-order valence-electron chi connectivity index (χ1n) is 6.98. The molecule has 1 heterocycles. The Hall–Kier alpha value is -0.380. The van der Waals surface area contributed by atoms with Crippen molar-refractivity contribution < 1.29 is 0 Å². The lowest BCUT2D eigenvalue weighted by Gasteiger charge is -2.32. The van der Waals surface area contributed by atoms with E-state index in [4.69, 9.17) is 0 Å². The number of hydrogen-bond acceptors (Lipinski definition) is 2. The average molecular weight is 311 g/mol. The Labute approximate surface area is 119 Å². The van der Waals surface area contributed by atoms with Crippen molar-refractivity contribution in [1.82, 2.24) is 10.2 Å². The minimum atomic E-state index is 0.685. The fraction of sp³-hybridized carbons (Fsp3) is 0.600. The Morgan fingerprint density at radius 2 is 2.00 bits per heavy atom. The second kappa shape index (κ2) is 7.27. The number of likely N-dealkylation sites (tertiary alicyclic amines) is 1. The maximum Gasteiger partial charge on any atom is 0.0220 e. The summed E-state index contributed by atoms with van der Waals surface area (Å²) in [6.07, 6.45) is 3.84. The molecule has 0 spiro atoms. The van der Waals surface area contributed by atoms with Gasteiger partial charge in [0.1, 0.15) is 0 Å². The standard InChI is InChI=1S/C15H23BrN2/c1-2-9-18-10-7-14(8-11-18)17-12-13-5-3-4-6-15(13)16/h3-6,14,17H,2,7-12H2,1H3. The lowest BCUT2D eigenvalue weighted by Crippen LogP contribution is -2.42. The van der Waals surface area contributed by atoms with Gasteiger partial charge in [-0.3, -0.25) is 0 Å². The van der Waals surface area contributed by atoms with Gasteiger partial charge in [-0.05, 0) is 50.5 Å². The minimum Gasteiger partial charge on any atom is -0.310 e. The smallest absolute Gasteiger partial charge is 0.0220 e. The monoisotopic (exact) mass is 310 g/mol. The topological polar surface area (TPSA) is 15.3 Å². The van der Waals surface area contributed by atoms with Gasteiger partial charge in [0.25, 0.3) is 0 Å². The van der Waals surface area contributed by atoms with Crippen molar-refractivity contribution >= 4 is 15.9 Å². The van der Waals surface area contributed by atoms with Crippen LogP contribution in [0.5, 0.6) is 0 Å². The van der Waals surface area contributed by atoms with Crippen LogP contribution in [0.1, 0.15) is 31.7 Å². The molecule has 1 aromatic carbocycles. The molecule has 1 fully saturated rings. The zero-order valence-electron chi connectivity index (χ0n) is 11.2. The van der Waals surface area contributed by atoms with Gasteiger partial charge in [0.15, 0.2) is 0 Å². The zero-order chi connectivity index (χ0) is 12.8. The van der Waals surface area contributed by atoms with E-state index in [1.54, 1.807) is 0 Å². The highest BCUT2D eigenvalue weighted by Crippen LogP contribution is 2.17. The highest BCUT2D eigenvalue weighted by Gasteiger charge is 2.17. The summed E-state index contributed by atoms with van der Waals surface area (Å²) >= 11 is 3.60. The van der Waals surface area contributed by atoms with Crippen LogP contribution in [0.2, 0.25) is 0 Å². The molecular formula is C15H23BrN2. The largest absolute Gasteiger partial charge is 0.310 e. The van der Waals surface area contributed by atoms with E-state index < -0.39 is 0 Å². The van der Waals surface area contributed by atoms with Crippen LogP contribution in [0.15, 0.2) is 28.7 Å². The molecule has 1 aliphatic rings. The molecule has 0 aromatic heterocycles. The summed E-state index contributed by atoms with van der Waals surface area (Å²) in [5.74, 6) is 0. The van der Waals surface area contributed by atoms with E-state index in [2.05, 4.69) is 57.3 Å². The summed E-state index contributed by atoms with van der Waals surface area (Å²) in [5, 5.41) is 3.68. The maximum atomic E-state index is 3.68. The third-order valence-electron chi connectivity index (χ3n) is 3.67. The number of halogens is 1. The van der Waals surface area contributed by atoms with Gasteiger partial charge in [-0.1, -0.05) is 41.1 Å². The number of rotatable bonds is 5. The van der Waals surface area contributed by atoms with E-state index in [-0.39, 0.29) is 0 Å². The van der Waals surface area contributed by atoms with E-state index in [1.165, 1.54) is 48.9 Å². The lowest BCUT2D eigenvalue weighted by molar-refractivity contribution is 0.197. The molecule has 3 heteroatoms. The maximum absolute atomic E-state index is 3.68. The van der Waals surface area contributed by atoms with E-state index in [0.717, 1.165) is 6.54 Å². The van der Waals surface area contributed by atoms with Crippen molar-refractivity contribution in [3.8, 4) is 0 Å². The van der Waals surface area contributed by atoms with Crippen molar-refractivity contribution in [2.75, 3.05) is 19.6 Å². The number of piperidine rings is 1. The van der Waals surface area contributed by atoms with Gasteiger partial charge < -0.3 is 10.2 Å². The van der Waals surface area contributed by atoms with Crippen LogP contribution >= 0.6 is 15.9 Å². The zero-order valence-corrected chi connectivity index (χ0v) is 12.7. The third-order valence-corrected chi connectivity index (χ3v) is 4.44. The lowest BCUT2D eigenvalue weighted by atomic mass is 10.0. The molecule has 18 heavy (non-hydrogen) atoms. The molecule has 2 rings (SSSR count). The summed E-state index contributed by atoms with van der Waals surface area (Å²) in [6, 6.07) is 9.15. The molecule has 1 saturated heterocycles. The number of hydrogen-bond donors (Lipinski definition) is 1. The van der Waals surface area contributed by atoms with Gasteiger partial charge in [0.2, 0.25) is 0 Å². The molecule has 0 aliphatic carbocycles. The van der Waals surface area contributed by atoms with Crippen LogP contribution in [0.3, 0.4) is 0 Å². The first-order valence-corrected chi connectivity index (χ1v) is 7.78. The van der Waals surface area contributed by atoms with Gasteiger partial charge in [-0.15, -0.1) is 0 Å². The molecule has 1 aromatic rings. The highest BCUT2D eigenvalue weighted by molar-refractivity contribution is 9.10. The summed E-state index contributed by atoms with van der Waals surface area (Å²) in [6.45, 7) is 7.00. The van der Waals surface area contributed by atoms with Crippen LogP contribution in [0.25, 0.3) is 0 Å². The van der Waals surface area contributed by atoms with Gasteiger partial charge in [-0.25, -0.2) is 0 Å². The van der Waals surface area contributed by atoms with Crippen molar-refractivity contribution in [3.05, 3.63) is 34.3 Å². The summed E-state index contributed by atoms with van der Waals surface area (Å²) < 4.78 is 1.21. The van der Waals surface area contributed by atoms with Crippen LogP contribution in [0, 0.1) is 0 Å². The number of benzene rings is 1. The molecule has 1 N–H and O–H groups in total. The molecular weight excluding hydrogens is 288 g/mol. The SMILES string of the molecule is CCCN1CCC(NCc2ccccc2Br)CC1. The van der Waals surface area contributed by atoms with Crippen LogP contribution < -0.4 is 5.32 Å². The van der Waals surface area contributed by atoms with Crippen LogP contribution in [-0.2, 0) is 6.54 Å². The molecule has 0 radical (unpaired) electrons. The predicted molar refractivity (Wildman–Crippen MR) is 80.7 cm³/mol. The summed E-state index contributed by atoms with van der Waals surface area (Å²) in [4.78, 5) is 2.58. The Balaban J connectivity index is 1.74. The molecule has 0 saturated carbocycles. The summed E-state index contributed by atoms with van der Waals surface area (Å²) in [7, 11) is 0. The number of nitrogens with zero attached hydrogens (tertiary/aromatic N) is 1. The normalized spacial score (nSPS) is 18.1. The van der Waals surface area contributed by atoms with E-state index in [0.29, 0.717) is 6.04 Å². The molecule has 0 atom stereocenters. The van der Waals surface area contributed by atoms with E-state index in [9.17, 15) is 0 Å². The Morgan fingerprint density at radius 1 is 1.28 bits per heavy atom. The molecule has 2 nitrogen and oxygen atoms in total. The number of nitrogens with one attached hydrogen (secondary N) is 1. The first kappa shape index (κ1) is 14.0. The average Bonchev–Trinajstić information content (AvgIpc) is 2.40. The summed E-state index contributed by atoms with van der Waals surface area (Å²) in [5.41, 5.74) is 1.36. The minimum absolute atomic E-state index is 0.685. The van der Waals surface area contributed by atoms with Crippen molar-refractivity contribution in [1.29, 1.82) is 0 Å². The predicted octanol–water partition coefficient (Wildman–Crippen LogP) is 3.41. The van der Waals surface area contributed by atoms with Crippen molar-refractivity contribution in [3.63, 3.8) is 0 Å². The second-order valence-corrected chi connectivity index (χ2v) is 5.94. The Bertz CT molecular complexity index is 359. The highest BCUT2D eigenvalue weighted by atomic mass is 79.9. The van der Waals surface area contributed by atoms with Gasteiger partial charge >= 0.3 is 0 Å². The molecule has 100 valence electrons. The van der Waals surface area contributed by atoms with Gasteiger partial charge in [0.05, 0.1) is 0 Å². The van der Waals surface area contributed by atoms with Gasteiger partial charge in [-0.2, -0.15) is 0 Å². The molecule has 0 unspecified atom stereocenters. The molecule has 0 bridgehead atoms. The Morgan fingerprint density at radius 3 is 2.67 bits per heavy atom. The Kier molecular flexibility index (Phi) is 5.67. The van der Waals surface area contributed by atoms with Gasteiger partial charge in [0, 0.05) is 17.1 Å². The van der Waals surface area contributed by atoms with Crippen molar-refractivity contribution in [2.45, 2.75) is 38.8 Å². The van der Waals surface area contributed by atoms with Crippen molar-refractivity contribution in [2.24, 2.45) is 0 Å². The fourth-order valence-electron chi connectivity index (χ4n) is 2.57. The third kappa shape index (κ3) is 4.08.